The Morgan fingerprint density at radius 1 is 1.28 bits per heavy atom. The van der Waals surface area contributed by atoms with Gasteiger partial charge in [0.05, 0.1) is 25.5 Å². The van der Waals surface area contributed by atoms with Gasteiger partial charge in [0.25, 0.3) is 0 Å². The Morgan fingerprint density at radius 3 is 2.78 bits per heavy atom. The van der Waals surface area contributed by atoms with Gasteiger partial charge in [0.1, 0.15) is 5.75 Å². The summed E-state index contributed by atoms with van der Waals surface area (Å²) in [5.41, 5.74) is 1.11. The van der Waals surface area contributed by atoms with Crippen LogP contribution >= 0.6 is 0 Å². The summed E-state index contributed by atoms with van der Waals surface area (Å²) in [6.07, 6.45) is 5.72. The zero-order chi connectivity index (χ0) is 13.2. The van der Waals surface area contributed by atoms with Gasteiger partial charge in [0.15, 0.2) is 0 Å². The van der Waals surface area contributed by atoms with E-state index in [9.17, 15) is 0 Å². The molecule has 0 radical (unpaired) electrons. The van der Waals surface area contributed by atoms with E-state index < -0.39 is 0 Å². The first kappa shape index (κ1) is 14.9. The van der Waals surface area contributed by atoms with E-state index in [-0.39, 0.29) is 6.04 Å². The first-order valence-corrected chi connectivity index (χ1v) is 6.61. The van der Waals surface area contributed by atoms with Crippen molar-refractivity contribution in [3.05, 3.63) is 24.0 Å². The average molecular weight is 252 g/mol. The van der Waals surface area contributed by atoms with Gasteiger partial charge in [0, 0.05) is 13.3 Å². The summed E-state index contributed by atoms with van der Waals surface area (Å²) in [4.78, 5) is 4.23. The van der Waals surface area contributed by atoms with Gasteiger partial charge < -0.3 is 14.8 Å². The van der Waals surface area contributed by atoms with Gasteiger partial charge in [-0.1, -0.05) is 13.8 Å². The van der Waals surface area contributed by atoms with Crippen molar-refractivity contribution < 1.29 is 9.47 Å². The van der Waals surface area contributed by atoms with Crippen LogP contribution < -0.4 is 10.1 Å². The number of hydrogen-bond acceptors (Lipinski definition) is 4. The van der Waals surface area contributed by atoms with E-state index in [4.69, 9.17) is 9.47 Å². The standard InChI is InChI=1S/C14H24N2O2/c1-4-6-16-14(11-17-3)12-8-13(10-15-9-12)18-7-5-2/h8-10,14,16H,4-7,11H2,1-3H3. The number of rotatable bonds is 9. The summed E-state index contributed by atoms with van der Waals surface area (Å²) in [6.45, 7) is 6.57. The van der Waals surface area contributed by atoms with Crippen molar-refractivity contribution in [3.63, 3.8) is 0 Å². The Bertz CT molecular complexity index is 331. The second-order valence-electron chi connectivity index (χ2n) is 4.26. The van der Waals surface area contributed by atoms with Crippen molar-refractivity contribution in [2.75, 3.05) is 26.9 Å². The van der Waals surface area contributed by atoms with Crippen molar-refractivity contribution in [2.45, 2.75) is 32.7 Å². The Balaban J connectivity index is 2.70. The molecule has 0 spiro atoms. The van der Waals surface area contributed by atoms with Crippen LogP contribution in [0.15, 0.2) is 18.5 Å². The van der Waals surface area contributed by atoms with Crippen molar-refractivity contribution in [3.8, 4) is 5.75 Å². The van der Waals surface area contributed by atoms with Gasteiger partial charge in [-0.25, -0.2) is 0 Å². The number of hydrogen-bond donors (Lipinski definition) is 1. The fourth-order valence-electron chi connectivity index (χ4n) is 1.68. The third kappa shape index (κ3) is 5.02. The molecule has 0 fully saturated rings. The molecule has 1 aromatic rings. The van der Waals surface area contributed by atoms with Gasteiger partial charge in [0.2, 0.25) is 0 Å². The number of methoxy groups -OCH3 is 1. The monoisotopic (exact) mass is 252 g/mol. The SMILES string of the molecule is CCCNC(COC)c1cncc(OCCC)c1. The molecule has 1 heterocycles. The molecule has 0 saturated carbocycles. The molecule has 0 saturated heterocycles. The predicted octanol–water partition coefficient (Wildman–Crippen LogP) is 2.56. The molecule has 0 aliphatic heterocycles. The Morgan fingerprint density at radius 2 is 2.11 bits per heavy atom. The maximum Gasteiger partial charge on any atom is 0.137 e. The molecule has 1 atom stereocenters. The normalized spacial score (nSPS) is 12.4. The van der Waals surface area contributed by atoms with Crippen LogP contribution in [0.25, 0.3) is 0 Å². The first-order chi connectivity index (χ1) is 8.81. The summed E-state index contributed by atoms with van der Waals surface area (Å²) in [6, 6.07) is 2.21. The summed E-state index contributed by atoms with van der Waals surface area (Å²) in [5, 5.41) is 3.45. The molecule has 18 heavy (non-hydrogen) atoms. The number of nitrogens with zero attached hydrogens (tertiary/aromatic N) is 1. The fourth-order valence-corrected chi connectivity index (χ4v) is 1.68. The molecule has 4 nitrogen and oxygen atoms in total. The van der Waals surface area contributed by atoms with Gasteiger partial charge in [-0.2, -0.15) is 0 Å². The summed E-state index contributed by atoms with van der Waals surface area (Å²) in [7, 11) is 1.71. The quantitative estimate of drug-likeness (QED) is 0.733. The topological polar surface area (TPSA) is 43.4 Å². The molecular weight excluding hydrogens is 228 g/mol. The third-order valence-corrected chi connectivity index (χ3v) is 2.58. The van der Waals surface area contributed by atoms with Crippen LogP contribution in [-0.4, -0.2) is 31.9 Å². The summed E-state index contributed by atoms with van der Waals surface area (Å²) >= 11 is 0. The number of aromatic nitrogens is 1. The van der Waals surface area contributed by atoms with Crippen LogP contribution in [0.1, 0.15) is 38.3 Å². The van der Waals surface area contributed by atoms with Crippen LogP contribution in [-0.2, 0) is 4.74 Å². The van der Waals surface area contributed by atoms with Crippen LogP contribution in [0, 0.1) is 0 Å². The van der Waals surface area contributed by atoms with Crippen LogP contribution in [0.4, 0.5) is 0 Å². The van der Waals surface area contributed by atoms with Crippen LogP contribution in [0.2, 0.25) is 0 Å². The number of pyridine rings is 1. The lowest BCUT2D eigenvalue weighted by Gasteiger charge is -2.18. The van der Waals surface area contributed by atoms with Crippen LogP contribution in [0.3, 0.4) is 0 Å². The van der Waals surface area contributed by atoms with E-state index in [2.05, 4.69) is 24.1 Å². The lowest BCUT2D eigenvalue weighted by Crippen LogP contribution is -2.26. The van der Waals surface area contributed by atoms with Crippen molar-refractivity contribution in [2.24, 2.45) is 0 Å². The van der Waals surface area contributed by atoms with E-state index in [1.54, 1.807) is 13.3 Å². The van der Waals surface area contributed by atoms with E-state index >= 15 is 0 Å². The molecule has 0 aliphatic rings. The highest BCUT2D eigenvalue weighted by atomic mass is 16.5. The van der Waals surface area contributed by atoms with Gasteiger partial charge in [-0.15, -0.1) is 0 Å². The molecule has 102 valence electrons. The number of nitrogens with one attached hydrogen (secondary N) is 1. The highest BCUT2D eigenvalue weighted by Crippen LogP contribution is 2.18. The van der Waals surface area contributed by atoms with Crippen molar-refractivity contribution in [1.82, 2.24) is 10.3 Å². The second-order valence-corrected chi connectivity index (χ2v) is 4.26. The summed E-state index contributed by atoms with van der Waals surface area (Å²) < 4.78 is 10.8. The lowest BCUT2D eigenvalue weighted by molar-refractivity contribution is 0.166. The van der Waals surface area contributed by atoms with Gasteiger partial charge in [-0.05, 0) is 31.0 Å². The highest BCUT2D eigenvalue weighted by Gasteiger charge is 2.11. The third-order valence-electron chi connectivity index (χ3n) is 2.58. The molecule has 4 heteroatoms. The molecule has 0 aromatic carbocycles. The molecule has 1 N–H and O–H groups in total. The molecule has 1 rings (SSSR count). The van der Waals surface area contributed by atoms with Crippen molar-refractivity contribution >= 4 is 0 Å². The largest absolute Gasteiger partial charge is 0.492 e. The van der Waals surface area contributed by atoms with Crippen molar-refractivity contribution in [1.29, 1.82) is 0 Å². The lowest BCUT2D eigenvalue weighted by atomic mass is 10.1. The Labute approximate surface area is 110 Å². The van der Waals surface area contributed by atoms with Gasteiger partial charge >= 0.3 is 0 Å². The maximum atomic E-state index is 5.60. The average Bonchev–Trinajstić information content (AvgIpc) is 2.41. The molecule has 0 amide bonds. The molecule has 1 unspecified atom stereocenters. The van der Waals surface area contributed by atoms with E-state index in [1.807, 2.05) is 12.3 Å². The van der Waals surface area contributed by atoms with E-state index in [0.717, 1.165) is 37.3 Å². The number of ether oxygens (including phenoxy) is 2. The second kappa shape index (κ2) is 8.89. The first-order valence-electron chi connectivity index (χ1n) is 6.61. The predicted molar refractivity (Wildman–Crippen MR) is 72.9 cm³/mol. The molecular formula is C14H24N2O2. The minimum Gasteiger partial charge on any atom is -0.492 e. The smallest absolute Gasteiger partial charge is 0.137 e. The summed E-state index contributed by atoms with van der Waals surface area (Å²) in [5.74, 6) is 0.828. The minimum absolute atomic E-state index is 0.174. The van der Waals surface area contributed by atoms with Gasteiger partial charge in [-0.3, -0.25) is 4.98 Å². The Kier molecular flexibility index (Phi) is 7.37. The van der Waals surface area contributed by atoms with E-state index in [0.29, 0.717) is 6.61 Å². The Hall–Kier alpha value is -1.13. The van der Waals surface area contributed by atoms with Crippen LogP contribution in [0.5, 0.6) is 5.75 Å². The zero-order valence-corrected chi connectivity index (χ0v) is 11.6. The minimum atomic E-state index is 0.174. The fraction of sp³-hybridized carbons (Fsp3) is 0.643. The highest BCUT2D eigenvalue weighted by molar-refractivity contribution is 5.26. The maximum absolute atomic E-state index is 5.60. The molecule has 0 aliphatic carbocycles. The molecule has 1 aromatic heterocycles. The zero-order valence-electron chi connectivity index (χ0n) is 11.6. The molecule has 0 bridgehead atoms. The van der Waals surface area contributed by atoms with E-state index in [1.165, 1.54) is 0 Å².